The van der Waals surface area contributed by atoms with Crippen LogP contribution in [0.25, 0.3) is 0 Å². The van der Waals surface area contributed by atoms with Crippen molar-refractivity contribution < 1.29 is 9.59 Å². The number of hydrogen-bond acceptors (Lipinski definition) is 4. The smallest absolute Gasteiger partial charge is 0.227 e. The number of halogens is 1. The lowest BCUT2D eigenvalue weighted by Gasteiger charge is -2.17. The van der Waals surface area contributed by atoms with Crippen molar-refractivity contribution in [3.63, 3.8) is 0 Å². The summed E-state index contributed by atoms with van der Waals surface area (Å²) in [6.45, 7) is 1.49. The topological polar surface area (TPSA) is 80.1 Å². The molecule has 7 nitrogen and oxygen atoms in total. The highest BCUT2D eigenvalue weighted by Gasteiger charge is 2.35. The van der Waals surface area contributed by atoms with E-state index in [9.17, 15) is 9.59 Å². The maximum atomic E-state index is 12.6. The molecule has 1 fully saturated rings. The summed E-state index contributed by atoms with van der Waals surface area (Å²) >= 11 is 3.42. The second-order valence-electron chi connectivity index (χ2n) is 7.01. The van der Waals surface area contributed by atoms with Gasteiger partial charge in [0.05, 0.1) is 12.5 Å². The molecule has 1 aliphatic heterocycles. The van der Waals surface area contributed by atoms with E-state index in [1.807, 2.05) is 48.5 Å². The highest BCUT2D eigenvalue weighted by atomic mass is 79.9. The van der Waals surface area contributed by atoms with E-state index in [4.69, 9.17) is 0 Å². The first-order chi connectivity index (χ1) is 14.1. The third-order valence-corrected chi connectivity index (χ3v) is 5.41. The molecule has 1 atom stereocenters. The molecule has 1 N–H and O–H groups in total. The minimum absolute atomic E-state index is 0.0271. The van der Waals surface area contributed by atoms with Gasteiger partial charge in [0.25, 0.3) is 0 Å². The lowest BCUT2D eigenvalue weighted by Crippen LogP contribution is -2.32. The van der Waals surface area contributed by atoms with Gasteiger partial charge in [0.1, 0.15) is 12.7 Å². The lowest BCUT2D eigenvalue weighted by atomic mass is 10.1. The molecule has 148 valence electrons. The van der Waals surface area contributed by atoms with Gasteiger partial charge < -0.3 is 10.2 Å². The molecule has 3 aromatic rings. The van der Waals surface area contributed by atoms with Crippen LogP contribution in [0.1, 0.15) is 17.5 Å². The monoisotopic (exact) mass is 453 g/mol. The maximum Gasteiger partial charge on any atom is 0.227 e. The van der Waals surface area contributed by atoms with Gasteiger partial charge in [0.2, 0.25) is 11.8 Å². The Kier molecular flexibility index (Phi) is 5.71. The fourth-order valence-corrected chi connectivity index (χ4v) is 3.76. The second kappa shape index (κ2) is 8.57. The fourth-order valence-electron chi connectivity index (χ4n) is 3.37. The first kappa shape index (κ1) is 19.3. The molecule has 0 aliphatic carbocycles. The van der Waals surface area contributed by atoms with Crippen molar-refractivity contribution in [3.05, 3.63) is 76.8 Å². The van der Waals surface area contributed by atoms with Crippen molar-refractivity contribution in [3.8, 4) is 0 Å². The number of carbonyl (C=O) groups is 2. The summed E-state index contributed by atoms with van der Waals surface area (Å²) in [6.07, 6.45) is 3.42. The third kappa shape index (κ3) is 4.71. The normalized spacial score (nSPS) is 16.2. The third-order valence-electron chi connectivity index (χ3n) is 4.92. The van der Waals surface area contributed by atoms with Crippen LogP contribution in [-0.2, 0) is 22.7 Å². The molecule has 0 saturated carbocycles. The Morgan fingerprint density at radius 1 is 1.17 bits per heavy atom. The molecule has 0 bridgehead atoms. The number of hydrogen-bond donors (Lipinski definition) is 1. The molecular formula is C21H20BrN5O2. The highest BCUT2D eigenvalue weighted by molar-refractivity contribution is 9.10. The molecule has 2 heterocycles. The maximum absolute atomic E-state index is 12.6. The number of amides is 2. The first-order valence-corrected chi connectivity index (χ1v) is 10.1. The Bertz CT molecular complexity index is 1000. The molecule has 0 radical (unpaired) electrons. The van der Waals surface area contributed by atoms with Crippen LogP contribution in [-0.4, -0.2) is 33.1 Å². The van der Waals surface area contributed by atoms with Crippen LogP contribution in [0.15, 0.2) is 65.7 Å². The summed E-state index contributed by atoms with van der Waals surface area (Å²) in [5, 5.41) is 7.05. The minimum atomic E-state index is -0.340. The molecule has 4 rings (SSSR count). The van der Waals surface area contributed by atoms with E-state index < -0.39 is 0 Å². The van der Waals surface area contributed by atoms with Crippen molar-refractivity contribution in [2.24, 2.45) is 5.92 Å². The summed E-state index contributed by atoms with van der Waals surface area (Å²) in [6, 6.07) is 15.6. The Balaban J connectivity index is 1.31. The van der Waals surface area contributed by atoms with E-state index >= 15 is 0 Å². The molecule has 2 amide bonds. The molecule has 8 heteroatoms. The average molecular weight is 454 g/mol. The number of carbonyl (C=O) groups excluding carboxylic acids is 2. The Hall–Kier alpha value is -3.00. The van der Waals surface area contributed by atoms with Crippen molar-refractivity contribution in [1.82, 2.24) is 20.1 Å². The number of anilines is 1. The zero-order valence-electron chi connectivity index (χ0n) is 15.7. The molecule has 29 heavy (non-hydrogen) atoms. The number of aromatic nitrogens is 3. The molecular weight excluding hydrogens is 434 g/mol. The van der Waals surface area contributed by atoms with Crippen molar-refractivity contribution in [1.29, 1.82) is 0 Å². The van der Waals surface area contributed by atoms with Gasteiger partial charge in [-0.25, -0.2) is 9.67 Å². The van der Waals surface area contributed by atoms with E-state index in [0.717, 1.165) is 21.3 Å². The van der Waals surface area contributed by atoms with Gasteiger partial charge in [-0.1, -0.05) is 46.3 Å². The number of benzene rings is 2. The van der Waals surface area contributed by atoms with Crippen LogP contribution >= 0.6 is 15.9 Å². The van der Waals surface area contributed by atoms with Gasteiger partial charge in [0, 0.05) is 29.7 Å². The largest absolute Gasteiger partial charge is 0.352 e. The van der Waals surface area contributed by atoms with Crippen LogP contribution < -0.4 is 10.2 Å². The van der Waals surface area contributed by atoms with Crippen LogP contribution in [0.3, 0.4) is 0 Å². The minimum Gasteiger partial charge on any atom is -0.352 e. The van der Waals surface area contributed by atoms with Gasteiger partial charge >= 0.3 is 0 Å². The van der Waals surface area contributed by atoms with Gasteiger partial charge in [0.15, 0.2) is 0 Å². The number of rotatable bonds is 6. The number of nitrogens with zero attached hydrogens (tertiary/aromatic N) is 4. The van der Waals surface area contributed by atoms with Crippen LogP contribution in [0.2, 0.25) is 0 Å². The first-order valence-electron chi connectivity index (χ1n) is 9.32. The van der Waals surface area contributed by atoms with E-state index in [-0.39, 0.29) is 24.2 Å². The predicted molar refractivity (Wildman–Crippen MR) is 112 cm³/mol. The predicted octanol–water partition coefficient (Wildman–Crippen LogP) is 2.76. The molecule has 0 spiro atoms. The van der Waals surface area contributed by atoms with Gasteiger partial charge in [-0.2, -0.15) is 5.10 Å². The number of nitrogens with one attached hydrogen (secondary N) is 1. The SMILES string of the molecule is O=C(NCc1ccc(Cn2cncn2)cc1)C1CC(=O)N(c2cccc(Br)c2)C1. The summed E-state index contributed by atoms with van der Waals surface area (Å²) in [5.74, 6) is -0.462. The molecule has 1 saturated heterocycles. The van der Waals surface area contributed by atoms with E-state index in [1.54, 1.807) is 15.9 Å². The van der Waals surface area contributed by atoms with Gasteiger partial charge in [-0.15, -0.1) is 0 Å². The Labute approximate surface area is 176 Å². The van der Waals surface area contributed by atoms with Gasteiger partial charge in [-0.05, 0) is 29.3 Å². The average Bonchev–Trinajstić information content (AvgIpc) is 3.37. The van der Waals surface area contributed by atoms with E-state index in [2.05, 4.69) is 31.3 Å². The molecule has 1 unspecified atom stereocenters. The quantitative estimate of drug-likeness (QED) is 0.622. The standard InChI is InChI=1S/C21H20BrN5O2/c22-18-2-1-3-19(9-18)27-12-17(8-20(27)28)21(29)24-10-15-4-6-16(7-5-15)11-26-14-23-13-25-26/h1-7,9,13-14,17H,8,10-12H2,(H,24,29). The van der Waals surface area contributed by atoms with Gasteiger partial charge in [-0.3, -0.25) is 9.59 Å². The zero-order valence-corrected chi connectivity index (χ0v) is 17.2. The van der Waals surface area contributed by atoms with E-state index in [0.29, 0.717) is 19.6 Å². The highest BCUT2D eigenvalue weighted by Crippen LogP contribution is 2.27. The summed E-state index contributed by atoms with van der Waals surface area (Å²) < 4.78 is 2.66. The van der Waals surface area contributed by atoms with Crippen LogP contribution in [0, 0.1) is 5.92 Å². The zero-order chi connectivity index (χ0) is 20.2. The van der Waals surface area contributed by atoms with Crippen LogP contribution in [0.5, 0.6) is 0 Å². The molecule has 1 aromatic heterocycles. The Morgan fingerprint density at radius 2 is 1.97 bits per heavy atom. The van der Waals surface area contributed by atoms with E-state index in [1.165, 1.54) is 6.33 Å². The summed E-state index contributed by atoms with van der Waals surface area (Å²) in [5.41, 5.74) is 2.92. The lowest BCUT2D eigenvalue weighted by molar-refractivity contribution is -0.126. The summed E-state index contributed by atoms with van der Waals surface area (Å²) in [4.78, 5) is 30.5. The molecule has 1 aliphatic rings. The second-order valence-corrected chi connectivity index (χ2v) is 7.93. The van der Waals surface area contributed by atoms with Crippen LogP contribution in [0.4, 0.5) is 5.69 Å². The van der Waals surface area contributed by atoms with Crippen molar-refractivity contribution >= 4 is 33.4 Å². The fraction of sp³-hybridized carbons (Fsp3) is 0.238. The van der Waals surface area contributed by atoms with Crippen molar-refractivity contribution in [2.75, 3.05) is 11.4 Å². The van der Waals surface area contributed by atoms with Crippen molar-refractivity contribution in [2.45, 2.75) is 19.5 Å². The molecule has 2 aromatic carbocycles. The Morgan fingerprint density at radius 3 is 2.69 bits per heavy atom. The summed E-state index contributed by atoms with van der Waals surface area (Å²) in [7, 11) is 0.